The van der Waals surface area contributed by atoms with Crippen molar-refractivity contribution < 1.29 is 14.7 Å². The first-order valence-electron chi connectivity index (χ1n) is 12.8. The molecule has 0 spiro atoms. The van der Waals surface area contributed by atoms with E-state index in [2.05, 4.69) is 33.8 Å². The largest absolute Gasteiger partial charge is 0.393 e. The van der Waals surface area contributed by atoms with Crippen molar-refractivity contribution in [1.82, 2.24) is 5.06 Å². The van der Waals surface area contributed by atoms with Crippen LogP contribution in [0.15, 0.2) is 11.6 Å². The van der Waals surface area contributed by atoms with Gasteiger partial charge in [0.05, 0.1) is 13.2 Å². The van der Waals surface area contributed by atoms with Gasteiger partial charge in [-0.1, -0.05) is 39.3 Å². The van der Waals surface area contributed by atoms with Crippen LogP contribution in [-0.2, 0) is 9.63 Å². The van der Waals surface area contributed by atoms with Crippen LogP contribution in [0, 0.1) is 46.3 Å². The lowest BCUT2D eigenvalue weighted by Crippen LogP contribution is -2.51. The Balaban J connectivity index is 1.49. The van der Waals surface area contributed by atoms with Gasteiger partial charge in [-0.15, -0.1) is 0 Å². The van der Waals surface area contributed by atoms with Crippen molar-refractivity contribution in [2.45, 2.75) is 91.6 Å². The zero-order valence-electron chi connectivity index (χ0n) is 20.7. The summed E-state index contributed by atoms with van der Waals surface area (Å²) < 4.78 is 0. The molecule has 4 rings (SSSR count). The fraction of sp³-hybridized carbons (Fsp3) is 0.889. The minimum absolute atomic E-state index is 0.00619. The molecular formula is C27H45NO3. The number of carbonyl (C=O) groups excluding carboxylic acids is 1. The van der Waals surface area contributed by atoms with E-state index in [-0.39, 0.29) is 17.9 Å². The molecule has 3 saturated carbocycles. The number of hydroxylamine groups is 2. The maximum absolute atomic E-state index is 12.5. The highest BCUT2D eigenvalue weighted by atomic mass is 16.7. The smallest absolute Gasteiger partial charge is 0.248 e. The zero-order valence-corrected chi connectivity index (χ0v) is 20.7. The molecule has 0 aromatic carbocycles. The van der Waals surface area contributed by atoms with Crippen molar-refractivity contribution in [2.75, 3.05) is 14.2 Å². The van der Waals surface area contributed by atoms with E-state index in [1.165, 1.54) is 37.2 Å². The van der Waals surface area contributed by atoms with Crippen molar-refractivity contribution in [3.8, 4) is 0 Å². The maximum atomic E-state index is 12.5. The van der Waals surface area contributed by atoms with Crippen molar-refractivity contribution >= 4 is 5.91 Å². The first-order valence-corrected chi connectivity index (χ1v) is 12.8. The molecule has 4 nitrogen and oxygen atoms in total. The molecule has 176 valence electrons. The van der Waals surface area contributed by atoms with E-state index < -0.39 is 0 Å². The molecular weight excluding hydrogens is 386 g/mol. The van der Waals surface area contributed by atoms with E-state index in [0.717, 1.165) is 43.4 Å². The molecule has 0 saturated heterocycles. The number of carbonyl (C=O) groups is 1. The second-order valence-corrected chi connectivity index (χ2v) is 12.0. The van der Waals surface area contributed by atoms with E-state index in [4.69, 9.17) is 4.84 Å². The van der Waals surface area contributed by atoms with Gasteiger partial charge in [0.25, 0.3) is 0 Å². The molecule has 3 fully saturated rings. The third kappa shape index (κ3) is 3.80. The SMILES string of the molecule is CON(C)C(=O)[C@@H](C)C[C@@H](C)[C@H]1CC[C@H]2[C@@H]3CC=C4C[C@@H](O)CC[C@]4(C)[C@H]3CC[C@]12C. The molecule has 0 aromatic heterocycles. The van der Waals surface area contributed by atoms with Crippen molar-refractivity contribution in [3.05, 3.63) is 11.6 Å². The molecule has 9 atom stereocenters. The van der Waals surface area contributed by atoms with E-state index in [9.17, 15) is 9.90 Å². The first-order chi connectivity index (χ1) is 14.6. The number of allylic oxidation sites excluding steroid dienone is 1. The summed E-state index contributed by atoms with van der Waals surface area (Å²) in [6.45, 7) is 9.55. The molecule has 1 N–H and O–H groups in total. The van der Waals surface area contributed by atoms with Crippen LogP contribution in [0.5, 0.6) is 0 Å². The van der Waals surface area contributed by atoms with Gasteiger partial charge in [0.15, 0.2) is 0 Å². The Bertz CT molecular complexity index is 719. The summed E-state index contributed by atoms with van der Waals surface area (Å²) in [4.78, 5) is 17.7. The Labute approximate surface area is 189 Å². The highest BCUT2D eigenvalue weighted by molar-refractivity contribution is 5.77. The van der Waals surface area contributed by atoms with Crippen LogP contribution >= 0.6 is 0 Å². The molecule has 0 aliphatic heterocycles. The lowest BCUT2D eigenvalue weighted by Gasteiger charge is -2.58. The Hall–Kier alpha value is -0.870. The molecule has 0 bridgehead atoms. The minimum Gasteiger partial charge on any atom is -0.393 e. The Kier molecular flexibility index (Phi) is 6.37. The minimum atomic E-state index is -0.122. The normalized spacial score (nSPS) is 43.8. The first kappa shape index (κ1) is 23.3. The monoisotopic (exact) mass is 431 g/mol. The van der Waals surface area contributed by atoms with Gasteiger partial charge < -0.3 is 5.11 Å². The van der Waals surface area contributed by atoms with Gasteiger partial charge in [0.1, 0.15) is 0 Å². The summed E-state index contributed by atoms with van der Waals surface area (Å²) in [5.41, 5.74) is 2.29. The number of fused-ring (bicyclic) bond motifs is 5. The van der Waals surface area contributed by atoms with Gasteiger partial charge in [0.2, 0.25) is 5.91 Å². The summed E-state index contributed by atoms with van der Waals surface area (Å²) in [5.74, 6) is 3.79. The summed E-state index contributed by atoms with van der Waals surface area (Å²) in [7, 11) is 3.28. The number of aliphatic hydroxyl groups is 1. The number of hydrogen-bond donors (Lipinski definition) is 1. The van der Waals surface area contributed by atoms with Crippen molar-refractivity contribution in [1.29, 1.82) is 0 Å². The third-order valence-corrected chi connectivity index (χ3v) is 10.6. The zero-order chi connectivity index (χ0) is 22.6. The topological polar surface area (TPSA) is 49.8 Å². The standard InChI is InChI=1S/C27H45NO3/c1-17(15-18(2)25(30)28(5)31-6)22-9-10-23-21-8-7-19-16-20(29)11-13-26(19,3)24(21)12-14-27(22,23)4/h7,17-18,20-24,29H,8-16H2,1-6H3/t17-,18+,20+,21+,22-,23+,24+,26+,27-/m1/s1. The number of nitrogens with zero attached hydrogens (tertiary/aromatic N) is 1. The lowest BCUT2D eigenvalue weighted by molar-refractivity contribution is -0.173. The summed E-state index contributed by atoms with van der Waals surface area (Å²) >= 11 is 0. The number of amides is 1. The lowest BCUT2D eigenvalue weighted by atomic mass is 9.47. The predicted octanol–water partition coefficient (Wildman–Crippen LogP) is 5.61. The molecule has 0 heterocycles. The van der Waals surface area contributed by atoms with Gasteiger partial charge >= 0.3 is 0 Å². The third-order valence-electron chi connectivity index (χ3n) is 10.6. The average Bonchev–Trinajstić information content (AvgIpc) is 3.10. The summed E-state index contributed by atoms with van der Waals surface area (Å²) in [6, 6.07) is 0. The second kappa shape index (κ2) is 8.48. The Morgan fingerprint density at radius 3 is 2.65 bits per heavy atom. The number of aliphatic hydroxyl groups excluding tert-OH is 1. The second-order valence-electron chi connectivity index (χ2n) is 12.0. The molecule has 4 aliphatic carbocycles. The van der Waals surface area contributed by atoms with Gasteiger partial charge in [-0.3, -0.25) is 9.63 Å². The van der Waals surface area contributed by atoms with Crippen molar-refractivity contribution in [3.63, 3.8) is 0 Å². The summed E-state index contributed by atoms with van der Waals surface area (Å²) in [6.07, 6.45) is 13.0. The highest BCUT2D eigenvalue weighted by Gasteiger charge is 2.59. The fourth-order valence-corrected chi connectivity index (χ4v) is 8.84. The molecule has 0 unspecified atom stereocenters. The van der Waals surface area contributed by atoms with Crippen LogP contribution in [0.3, 0.4) is 0 Å². The molecule has 0 radical (unpaired) electrons. The molecule has 1 amide bonds. The number of rotatable bonds is 5. The molecule has 31 heavy (non-hydrogen) atoms. The fourth-order valence-electron chi connectivity index (χ4n) is 8.84. The van der Waals surface area contributed by atoms with Gasteiger partial charge in [-0.2, -0.15) is 0 Å². The van der Waals surface area contributed by atoms with Gasteiger partial charge in [-0.05, 0) is 98.2 Å². The van der Waals surface area contributed by atoms with Crippen LogP contribution in [0.4, 0.5) is 0 Å². The van der Waals surface area contributed by atoms with Crippen LogP contribution in [0.25, 0.3) is 0 Å². The molecule has 4 aliphatic rings. The van der Waals surface area contributed by atoms with Crippen LogP contribution in [0.1, 0.15) is 85.5 Å². The maximum Gasteiger partial charge on any atom is 0.248 e. The van der Waals surface area contributed by atoms with Crippen LogP contribution in [-0.4, -0.2) is 36.3 Å². The average molecular weight is 432 g/mol. The Morgan fingerprint density at radius 1 is 1.19 bits per heavy atom. The quantitative estimate of drug-likeness (QED) is 0.455. The van der Waals surface area contributed by atoms with Gasteiger partial charge in [0, 0.05) is 13.0 Å². The van der Waals surface area contributed by atoms with Crippen molar-refractivity contribution in [2.24, 2.45) is 46.3 Å². The molecule has 4 heteroatoms. The van der Waals surface area contributed by atoms with E-state index in [1.54, 1.807) is 19.7 Å². The van der Waals surface area contributed by atoms with E-state index in [1.807, 2.05) is 0 Å². The highest BCUT2D eigenvalue weighted by Crippen LogP contribution is 2.67. The predicted molar refractivity (Wildman–Crippen MR) is 124 cm³/mol. The van der Waals surface area contributed by atoms with Crippen LogP contribution < -0.4 is 0 Å². The van der Waals surface area contributed by atoms with E-state index in [0.29, 0.717) is 22.7 Å². The van der Waals surface area contributed by atoms with Gasteiger partial charge in [-0.25, -0.2) is 5.06 Å². The summed E-state index contributed by atoms with van der Waals surface area (Å²) in [5, 5.41) is 11.6. The van der Waals surface area contributed by atoms with E-state index >= 15 is 0 Å². The Morgan fingerprint density at radius 2 is 1.94 bits per heavy atom. The number of hydrogen-bond acceptors (Lipinski definition) is 3. The molecule has 0 aromatic rings. The van der Waals surface area contributed by atoms with Crippen LogP contribution in [0.2, 0.25) is 0 Å².